The first kappa shape index (κ1) is 18.7. The lowest BCUT2D eigenvalue weighted by molar-refractivity contribution is -0.123. The second kappa shape index (κ2) is 8.19. The molecule has 1 N–H and O–H groups in total. The summed E-state index contributed by atoms with van der Waals surface area (Å²) in [6, 6.07) is 26.1. The Balaban J connectivity index is 1.40. The zero-order chi connectivity index (χ0) is 20.2. The second-order valence-corrected chi connectivity index (χ2v) is 7.08. The number of nitrogens with one attached hydrogen (secondary N) is 1. The van der Waals surface area contributed by atoms with E-state index in [4.69, 9.17) is 4.74 Å². The van der Waals surface area contributed by atoms with Crippen LogP contribution in [0.15, 0.2) is 84.9 Å². The predicted octanol–water partition coefficient (Wildman–Crippen LogP) is 4.72. The molecular weight excluding hydrogens is 364 g/mol. The van der Waals surface area contributed by atoms with E-state index in [0.717, 1.165) is 5.69 Å². The third-order valence-electron chi connectivity index (χ3n) is 5.03. The van der Waals surface area contributed by atoms with Crippen LogP contribution in [-0.2, 0) is 9.59 Å². The van der Waals surface area contributed by atoms with E-state index < -0.39 is 0 Å². The Labute approximate surface area is 169 Å². The minimum atomic E-state index is -0.321. The number of hydrogen-bond donors (Lipinski definition) is 1. The van der Waals surface area contributed by atoms with Gasteiger partial charge in [-0.15, -0.1) is 0 Å². The van der Waals surface area contributed by atoms with Gasteiger partial charge < -0.3 is 15.0 Å². The molecule has 1 fully saturated rings. The molecule has 0 aliphatic heterocycles. The fraction of sp³-hybridized carbons (Fsp3) is 0.167. The van der Waals surface area contributed by atoms with Crippen LogP contribution in [0.2, 0.25) is 0 Å². The minimum Gasteiger partial charge on any atom is -0.455 e. The third-order valence-corrected chi connectivity index (χ3v) is 5.03. The summed E-state index contributed by atoms with van der Waals surface area (Å²) in [6.45, 7) is 0. The maximum absolute atomic E-state index is 12.7. The van der Waals surface area contributed by atoms with Crippen LogP contribution in [-0.4, -0.2) is 18.9 Å². The quantitative estimate of drug-likeness (QED) is 0.667. The van der Waals surface area contributed by atoms with Crippen molar-refractivity contribution in [2.24, 2.45) is 11.8 Å². The van der Waals surface area contributed by atoms with E-state index in [2.05, 4.69) is 5.32 Å². The van der Waals surface area contributed by atoms with E-state index in [9.17, 15) is 9.59 Å². The molecule has 1 aliphatic carbocycles. The molecule has 4 rings (SSSR count). The summed E-state index contributed by atoms with van der Waals surface area (Å²) in [5.74, 6) is 0.454. The molecule has 0 bridgehead atoms. The molecule has 2 atom stereocenters. The van der Waals surface area contributed by atoms with Crippen LogP contribution in [0.5, 0.6) is 11.5 Å². The molecule has 3 aromatic rings. The van der Waals surface area contributed by atoms with Crippen molar-refractivity contribution in [2.75, 3.05) is 17.3 Å². The van der Waals surface area contributed by atoms with Crippen LogP contribution in [0.1, 0.15) is 6.42 Å². The largest absolute Gasteiger partial charge is 0.455 e. The number of rotatable bonds is 6. The summed E-state index contributed by atoms with van der Waals surface area (Å²) >= 11 is 0. The van der Waals surface area contributed by atoms with Crippen LogP contribution in [0.25, 0.3) is 0 Å². The average molecular weight is 386 g/mol. The summed E-state index contributed by atoms with van der Waals surface area (Å²) in [5, 5.41) is 2.92. The van der Waals surface area contributed by atoms with Gasteiger partial charge in [0, 0.05) is 12.7 Å². The number of ether oxygens (including phenoxy) is 1. The van der Waals surface area contributed by atoms with Crippen molar-refractivity contribution in [3.8, 4) is 11.5 Å². The lowest BCUT2D eigenvalue weighted by Crippen LogP contribution is -2.29. The van der Waals surface area contributed by atoms with E-state index in [-0.39, 0.29) is 23.7 Å². The third kappa shape index (κ3) is 4.29. The molecule has 1 aliphatic rings. The van der Waals surface area contributed by atoms with Gasteiger partial charge in [-0.25, -0.2) is 0 Å². The molecule has 146 valence electrons. The summed E-state index contributed by atoms with van der Waals surface area (Å²) in [7, 11) is 1.74. The highest BCUT2D eigenvalue weighted by molar-refractivity contribution is 6.04. The number of nitrogens with zero attached hydrogens (tertiary/aromatic N) is 1. The van der Waals surface area contributed by atoms with Crippen molar-refractivity contribution < 1.29 is 14.3 Å². The maximum Gasteiger partial charge on any atom is 0.230 e. The van der Waals surface area contributed by atoms with Gasteiger partial charge in [0.1, 0.15) is 5.75 Å². The first-order chi connectivity index (χ1) is 14.1. The highest BCUT2D eigenvalue weighted by atomic mass is 16.5. The molecule has 0 saturated heterocycles. The minimum absolute atomic E-state index is 0.0369. The number of benzene rings is 3. The fourth-order valence-electron chi connectivity index (χ4n) is 3.29. The van der Waals surface area contributed by atoms with Crippen molar-refractivity contribution in [1.82, 2.24) is 0 Å². The Morgan fingerprint density at radius 2 is 1.48 bits per heavy atom. The Morgan fingerprint density at radius 3 is 2.21 bits per heavy atom. The maximum atomic E-state index is 12.7. The Bertz CT molecular complexity index is 1000. The molecular formula is C24H22N2O3. The van der Waals surface area contributed by atoms with Crippen LogP contribution < -0.4 is 15.0 Å². The SMILES string of the molecule is CN(C(=O)C1CC1C(=O)Nc1ccccc1Oc1ccccc1)c1ccccc1. The number of anilines is 2. The number of carbonyl (C=O) groups is 2. The van der Waals surface area contributed by atoms with Gasteiger partial charge in [-0.05, 0) is 42.8 Å². The van der Waals surface area contributed by atoms with Crippen LogP contribution in [0, 0.1) is 11.8 Å². The van der Waals surface area contributed by atoms with Crippen molar-refractivity contribution >= 4 is 23.2 Å². The van der Waals surface area contributed by atoms with Gasteiger partial charge in [-0.1, -0.05) is 48.5 Å². The van der Waals surface area contributed by atoms with Crippen molar-refractivity contribution in [2.45, 2.75) is 6.42 Å². The molecule has 3 aromatic carbocycles. The zero-order valence-corrected chi connectivity index (χ0v) is 16.1. The Kier molecular flexibility index (Phi) is 5.29. The van der Waals surface area contributed by atoms with Crippen LogP contribution in [0.4, 0.5) is 11.4 Å². The number of para-hydroxylation sites is 4. The molecule has 29 heavy (non-hydrogen) atoms. The highest BCUT2D eigenvalue weighted by Crippen LogP contribution is 2.42. The van der Waals surface area contributed by atoms with Gasteiger partial charge in [0.05, 0.1) is 17.5 Å². The van der Waals surface area contributed by atoms with E-state index in [1.807, 2.05) is 72.8 Å². The highest BCUT2D eigenvalue weighted by Gasteiger charge is 2.49. The van der Waals surface area contributed by atoms with E-state index in [1.54, 1.807) is 24.1 Å². The van der Waals surface area contributed by atoms with Crippen molar-refractivity contribution in [1.29, 1.82) is 0 Å². The molecule has 0 radical (unpaired) electrons. The zero-order valence-electron chi connectivity index (χ0n) is 16.1. The molecule has 0 aromatic heterocycles. The van der Waals surface area contributed by atoms with Gasteiger partial charge in [0.2, 0.25) is 11.8 Å². The normalized spacial score (nSPS) is 17.3. The van der Waals surface area contributed by atoms with E-state index >= 15 is 0 Å². The topological polar surface area (TPSA) is 58.6 Å². The van der Waals surface area contributed by atoms with Crippen molar-refractivity contribution in [3.05, 3.63) is 84.9 Å². The lowest BCUT2D eigenvalue weighted by atomic mass is 10.2. The van der Waals surface area contributed by atoms with E-state index in [1.165, 1.54) is 0 Å². The van der Waals surface area contributed by atoms with Gasteiger partial charge in [-0.3, -0.25) is 9.59 Å². The number of hydrogen-bond acceptors (Lipinski definition) is 3. The fourth-order valence-corrected chi connectivity index (χ4v) is 3.29. The number of carbonyl (C=O) groups excluding carboxylic acids is 2. The predicted molar refractivity (Wildman–Crippen MR) is 113 cm³/mol. The van der Waals surface area contributed by atoms with Crippen molar-refractivity contribution in [3.63, 3.8) is 0 Å². The lowest BCUT2D eigenvalue weighted by Gasteiger charge is -2.17. The molecule has 5 nitrogen and oxygen atoms in total. The van der Waals surface area contributed by atoms with Gasteiger partial charge in [0.25, 0.3) is 0 Å². The average Bonchev–Trinajstić information content (AvgIpc) is 3.56. The molecule has 0 heterocycles. The molecule has 2 unspecified atom stereocenters. The standard InChI is InChI=1S/C24H22N2O3/c1-26(17-10-4-2-5-11-17)24(28)20-16-19(20)23(27)25-21-14-8-9-15-22(21)29-18-12-6-3-7-13-18/h2-15,19-20H,16H2,1H3,(H,25,27). The van der Waals surface area contributed by atoms with Crippen LogP contribution >= 0.6 is 0 Å². The summed E-state index contributed by atoms with van der Waals surface area (Å²) in [5.41, 5.74) is 1.42. The second-order valence-electron chi connectivity index (χ2n) is 7.08. The Morgan fingerprint density at radius 1 is 0.862 bits per heavy atom. The first-order valence-corrected chi connectivity index (χ1v) is 9.59. The Hall–Kier alpha value is -3.60. The van der Waals surface area contributed by atoms with Gasteiger partial charge in [0.15, 0.2) is 5.75 Å². The summed E-state index contributed by atoms with van der Waals surface area (Å²) < 4.78 is 5.89. The molecule has 2 amide bonds. The molecule has 1 saturated carbocycles. The molecule has 5 heteroatoms. The van der Waals surface area contributed by atoms with E-state index in [0.29, 0.717) is 23.6 Å². The van der Waals surface area contributed by atoms with Crippen LogP contribution in [0.3, 0.4) is 0 Å². The van der Waals surface area contributed by atoms with Gasteiger partial charge >= 0.3 is 0 Å². The first-order valence-electron chi connectivity index (χ1n) is 9.59. The summed E-state index contributed by atoms with van der Waals surface area (Å²) in [4.78, 5) is 27.0. The number of amides is 2. The smallest absolute Gasteiger partial charge is 0.230 e. The molecule has 0 spiro atoms. The summed E-state index contributed by atoms with van der Waals surface area (Å²) in [6.07, 6.45) is 0.559. The monoisotopic (exact) mass is 386 g/mol. The van der Waals surface area contributed by atoms with Gasteiger partial charge in [-0.2, -0.15) is 0 Å².